The van der Waals surface area contributed by atoms with Crippen molar-refractivity contribution >= 4 is 11.8 Å². The Hall–Kier alpha value is -1.84. The molecule has 90 valence electrons. The molecule has 0 bridgehead atoms. The molecule has 1 aliphatic heterocycles. The van der Waals surface area contributed by atoms with Gasteiger partial charge in [-0.05, 0) is 12.5 Å². The van der Waals surface area contributed by atoms with E-state index in [1.165, 1.54) is 5.56 Å². The van der Waals surface area contributed by atoms with E-state index in [2.05, 4.69) is 10.6 Å². The number of rotatable bonds is 3. The molecule has 4 heteroatoms. The molecule has 4 nitrogen and oxygen atoms in total. The van der Waals surface area contributed by atoms with Gasteiger partial charge in [-0.3, -0.25) is 9.59 Å². The molecule has 2 N–H and O–H groups in total. The molecule has 17 heavy (non-hydrogen) atoms. The van der Waals surface area contributed by atoms with Crippen molar-refractivity contribution in [3.63, 3.8) is 0 Å². The van der Waals surface area contributed by atoms with Gasteiger partial charge >= 0.3 is 0 Å². The number of benzene rings is 1. The van der Waals surface area contributed by atoms with E-state index >= 15 is 0 Å². The van der Waals surface area contributed by atoms with E-state index in [4.69, 9.17) is 0 Å². The van der Waals surface area contributed by atoms with Crippen LogP contribution in [0.5, 0.6) is 0 Å². The molecule has 1 aliphatic rings. The van der Waals surface area contributed by atoms with Crippen molar-refractivity contribution in [3.05, 3.63) is 35.4 Å². The molecule has 0 radical (unpaired) electrons. The summed E-state index contributed by atoms with van der Waals surface area (Å²) in [7, 11) is 0. The first-order valence-corrected chi connectivity index (χ1v) is 5.75. The lowest BCUT2D eigenvalue weighted by Crippen LogP contribution is -2.31. The Kier molecular flexibility index (Phi) is 3.42. The monoisotopic (exact) mass is 232 g/mol. The molecule has 0 saturated carbocycles. The first-order chi connectivity index (χ1) is 8.15. The molecule has 1 aromatic carbocycles. The van der Waals surface area contributed by atoms with Crippen LogP contribution in [-0.2, 0) is 16.1 Å². The number of hydrogen-bond acceptors (Lipinski definition) is 2. The average Bonchev–Trinajstić information content (AvgIpc) is 2.73. The Morgan fingerprint density at radius 1 is 1.53 bits per heavy atom. The van der Waals surface area contributed by atoms with Crippen molar-refractivity contribution in [2.45, 2.75) is 19.9 Å². The summed E-state index contributed by atoms with van der Waals surface area (Å²) in [6.45, 7) is 2.99. The van der Waals surface area contributed by atoms with Gasteiger partial charge in [0, 0.05) is 19.5 Å². The van der Waals surface area contributed by atoms with E-state index < -0.39 is 0 Å². The van der Waals surface area contributed by atoms with Gasteiger partial charge in [-0.1, -0.05) is 29.8 Å². The zero-order valence-corrected chi connectivity index (χ0v) is 9.82. The summed E-state index contributed by atoms with van der Waals surface area (Å²) < 4.78 is 0. The molecule has 1 saturated heterocycles. The van der Waals surface area contributed by atoms with Crippen molar-refractivity contribution in [1.82, 2.24) is 10.6 Å². The lowest BCUT2D eigenvalue weighted by Gasteiger charge is -2.09. The van der Waals surface area contributed by atoms with Crippen LogP contribution in [0.3, 0.4) is 0 Å². The highest BCUT2D eigenvalue weighted by molar-refractivity contribution is 5.89. The van der Waals surface area contributed by atoms with Gasteiger partial charge in [0.1, 0.15) is 0 Å². The second-order valence-electron chi connectivity index (χ2n) is 4.41. The van der Waals surface area contributed by atoms with Gasteiger partial charge < -0.3 is 10.6 Å². The molecule has 2 rings (SSSR count). The van der Waals surface area contributed by atoms with E-state index in [-0.39, 0.29) is 17.7 Å². The van der Waals surface area contributed by atoms with Crippen molar-refractivity contribution in [2.24, 2.45) is 5.92 Å². The van der Waals surface area contributed by atoms with Crippen LogP contribution >= 0.6 is 0 Å². The standard InChI is InChI=1S/C13H16N2O2/c1-9-3-2-4-10(5-9)7-15-13(17)11-6-12(16)14-8-11/h2-5,11H,6-8H2,1H3,(H,14,16)(H,15,17). The van der Waals surface area contributed by atoms with E-state index in [1.54, 1.807) is 0 Å². The minimum atomic E-state index is -0.215. The van der Waals surface area contributed by atoms with Crippen LogP contribution in [0.2, 0.25) is 0 Å². The fraction of sp³-hybridized carbons (Fsp3) is 0.385. The average molecular weight is 232 g/mol. The van der Waals surface area contributed by atoms with Crippen molar-refractivity contribution in [3.8, 4) is 0 Å². The maximum Gasteiger partial charge on any atom is 0.225 e. The topological polar surface area (TPSA) is 58.2 Å². The number of hydrogen-bond donors (Lipinski definition) is 2. The summed E-state index contributed by atoms with van der Waals surface area (Å²) in [6, 6.07) is 8.01. The molecular weight excluding hydrogens is 216 g/mol. The Bertz CT molecular complexity index is 443. The predicted octanol–water partition coefficient (Wildman–Crippen LogP) is 0.747. The molecule has 2 amide bonds. The Morgan fingerprint density at radius 3 is 3.00 bits per heavy atom. The fourth-order valence-corrected chi connectivity index (χ4v) is 1.95. The molecule has 1 aromatic rings. The van der Waals surface area contributed by atoms with Crippen LogP contribution in [-0.4, -0.2) is 18.4 Å². The number of carbonyl (C=O) groups is 2. The Balaban J connectivity index is 1.86. The second-order valence-corrected chi connectivity index (χ2v) is 4.41. The SMILES string of the molecule is Cc1cccc(CNC(=O)C2CNC(=O)C2)c1. The molecule has 1 unspecified atom stereocenters. The van der Waals surface area contributed by atoms with E-state index in [1.807, 2.05) is 31.2 Å². The largest absolute Gasteiger partial charge is 0.355 e. The first-order valence-electron chi connectivity index (χ1n) is 5.75. The van der Waals surface area contributed by atoms with Crippen molar-refractivity contribution in [2.75, 3.05) is 6.54 Å². The van der Waals surface area contributed by atoms with Crippen LogP contribution < -0.4 is 10.6 Å². The van der Waals surface area contributed by atoms with E-state index in [0.717, 1.165) is 5.56 Å². The lowest BCUT2D eigenvalue weighted by molar-refractivity contribution is -0.126. The van der Waals surface area contributed by atoms with E-state index in [9.17, 15) is 9.59 Å². The molecular formula is C13H16N2O2. The zero-order valence-electron chi connectivity index (χ0n) is 9.82. The third-order valence-electron chi connectivity index (χ3n) is 2.90. The Labute approximate surface area is 100 Å². The van der Waals surface area contributed by atoms with Crippen LogP contribution in [0.15, 0.2) is 24.3 Å². The minimum absolute atomic E-state index is 0.0410. The quantitative estimate of drug-likeness (QED) is 0.808. The first kappa shape index (κ1) is 11.6. The molecule has 1 fully saturated rings. The zero-order chi connectivity index (χ0) is 12.3. The maximum absolute atomic E-state index is 11.7. The van der Waals surface area contributed by atoms with Crippen molar-refractivity contribution < 1.29 is 9.59 Å². The molecule has 1 atom stereocenters. The van der Waals surface area contributed by atoms with Gasteiger partial charge in [0.05, 0.1) is 5.92 Å². The van der Waals surface area contributed by atoms with Gasteiger partial charge in [-0.2, -0.15) is 0 Å². The summed E-state index contributed by atoms with van der Waals surface area (Å²) in [6.07, 6.45) is 0.305. The minimum Gasteiger partial charge on any atom is -0.355 e. The third kappa shape index (κ3) is 3.06. The molecule has 0 aliphatic carbocycles. The third-order valence-corrected chi connectivity index (χ3v) is 2.90. The smallest absolute Gasteiger partial charge is 0.225 e. The number of carbonyl (C=O) groups excluding carboxylic acids is 2. The molecule has 1 heterocycles. The summed E-state index contributed by atoms with van der Waals surface area (Å²) in [5.41, 5.74) is 2.25. The summed E-state index contributed by atoms with van der Waals surface area (Å²) in [5.74, 6) is -0.308. The lowest BCUT2D eigenvalue weighted by atomic mass is 10.1. The van der Waals surface area contributed by atoms with Crippen LogP contribution in [0.4, 0.5) is 0 Å². The predicted molar refractivity (Wildman–Crippen MR) is 64.1 cm³/mol. The number of nitrogens with one attached hydrogen (secondary N) is 2. The molecule has 0 aromatic heterocycles. The fourth-order valence-electron chi connectivity index (χ4n) is 1.95. The van der Waals surface area contributed by atoms with Gasteiger partial charge in [0.15, 0.2) is 0 Å². The highest BCUT2D eigenvalue weighted by Crippen LogP contribution is 2.09. The highest BCUT2D eigenvalue weighted by Gasteiger charge is 2.27. The van der Waals surface area contributed by atoms with Crippen LogP contribution in [0.1, 0.15) is 17.5 Å². The van der Waals surface area contributed by atoms with Gasteiger partial charge in [-0.15, -0.1) is 0 Å². The summed E-state index contributed by atoms with van der Waals surface area (Å²) in [4.78, 5) is 22.7. The summed E-state index contributed by atoms with van der Waals surface area (Å²) in [5, 5.41) is 5.52. The summed E-state index contributed by atoms with van der Waals surface area (Å²) >= 11 is 0. The van der Waals surface area contributed by atoms with E-state index in [0.29, 0.717) is 19.5 Å². The second kappa shape index (κ2) is 4.99. The highest BCUT2D eigenvalue weighted by atomic mass is 16.2. The van der Waals surface area contributed by atoms with Gasteiger partial charge in [-0.25, -0.2) is 0 Å². The number of aryl methyl sites for hydroxylation is 1. The van der Waals surface area contributed by atoms with Crippen LogP contribution in [0, 0.1) is 12.8 Å². The maximum atomic E-state index is 11.7. The van der Waals surface area contributed by atoms with Crippen LogP contribution in [0.25, 0.3) is 0 Å². The van der Waals surface area contributed by atoms with Gasteiger partial charge in [0.25, 0.3) is 0 Å². The Morgan fingerprint density at radius 2 is 2.35 bits per heavy atom. The van der Waals surface area contributed by atoms with Gasteiger partial charge in [0.2, 0.25) is 11.8 Å². The normalized spacial score (nSPS) is 18.9. The number of amides is 2. The molecule has 0 spiro atoms. The van der Waals surface area contributed by atoms with Crippen molar-refractivity contribution in [1.29, 1.82) is 0 Å².